The van der Waals surface area contributed by atoms with Gasteiger partial charge in [-0.05, 0) is 46.9 Å². The summed E-state index contributed by atoms with van der Waals surface area (Å²) >= 11 is 2.26. The third kappa shape index (κ3) is 1.88. The maximum Gasteiger partial charge on any atom is 0.150 e. The Balaban J connectivity index is 2.22. The number of hydrogen-bond acceptors (Lipinski definition) is 2. The van der Waals surface area contributed by atoms with Crippen molar-refractivity contribution in [3.8, 4) is 17.0 Å². The number of pyridine rings is 1. The van der Waals surface area contributed by atoms with E-state index in [0.29, 0.717) is 0 Å². The van der Waals surface area contributed by atoms with E-state index in [1.165, 1.54) is 0 Å². The minimum atomic E-state index is 0.259. The highest BCUT2D eigenvalue weighted by atomic mass is 127. The van der Waals surface area contributed by atoms with Crippen molar-refractivity contribution in [3.05, 3.63) is 52.4 Å². The van der Waals surface area contributed by atoms with Crippen molar-refractivity contribution >= 4 is 28.2 Å². The summed E-state index contributed by atoms with van der Waals surface area (Å²) in [6, 6.07) is 11.1. The lowest BCUT2D eigenvalue weighted by atomic mass is 10.2. The van der Waals surface area contributed by atoms with Gasteiger partial charge in [0.2, 0.25) is 0 Å². The summed E-state index contributed by atoms with van der Waals surface area (Å²) in [5.41, 5.74) is 2.72. The first-order chi connectivity index (χ1) is 8.24. The van der Waals surface area contributed by atoms with Crippen molar-refractivity contribution in [3.63, 3.8) is 0 Å². The Kier molecular flexibility index (Phi) is 2.51. The van der Waals surface area contributed by atoms with Gasteiger partial charge in [-0.3, -0.25) is 0 Å². The van der Waals surface area contributed by atoms with Gasteiger partial charge in [-0.1, -0.05) is 12.1 Å². The van der Waals surface area contributed by atoms with Crippen LogP contribution in [0.3, 0.4) is 0 Å². The van der Waals surface area contributed by atoms with Gasteiger partial charge in [-0.15, -0.1) is 0 Å². The van der Waals surface area contributed by atoms with Gasteiger partial charge >= 0.3 is 0 Å². The second-order valence-corrected chi connectivity index (χ2v) is 4.93. The number of benzene rings is 1. The first kappa shape index (κ1) is 10.6. The van der Waals surface area contributed by atoms with Crippen molar-refractivity contribution in [1.29, 1.82) is 0 Å². The predicted molar refractivity (Wildman–Crippen MR) is 75.0 cm³/mol. The highest BCUT2D eigenvalue weighted by Gasteiger charge is 2.06. The molecule has 0 saturated carbocycles. The summed E-state index contributed by atoms with van der Waals surface area (Å²) in [4.78, 5) is 4.57. The number of phenolic OH excluding ortho intramolecular Hbond substituents is 1. The lowest BCUT2D eigenvalue weighted by Crippen LogP contribution is -1.83. The molecule has 3 rings (SSSR count). The van der Waals surface area contributed by atoms with Gasteiger partial charge in [0.1, 0.15) is 5.75 Å². The number of fused-ring (bicyclic) bond motifs is 1. The number of hydrogen-bond donors (Lipinski definition) is 1. The van der Waals surface area contributed by atoms with Gasteiger partial charge in [0.15, 0.2) is 5.65 Å². The molecule has 0 aliphatic carbocycles. The Hall–Kier alpha value is -1.56. The van der Waals surface area contributed by atoms with E-state index in [9.17, 15) is 5.11 Å². The van der Waals surface area contributed by atoms with E-state index in [1.807, 2.05) is 41.1 Å². The van der Waals surface area contributed by atoms with Crippen LogP contribution in [-0.2, 0) is 0 Å². The molecular weight excluding hydrogens is 327 g/mol. The van der Waals surface area contributed by atoms with Crippen molar-refractivity contribution in [2.75, 3.05) is 0 Å². The van der Waals surface area contributed by atoms with E-state index in [1.54, 1.807) is 12.1 Å². The molecule has 0 fully saturated rings. The van der Waals surface area contributed by atoms with Gasteiger partial charge in [-0.2, -0.15) is 0 Å². The number of aromatic hydroxyl groups is 1. The largest absolute Gasteiger partial charge is 0.508 e. The Morgan fingerprint density at radius 2 is 2.06 bits per heavy atom. The van der Waals surface area contributed by atoms with Crippen LogP contribution in [0.5, 0.6) is 5.75 Å². The predicted octanol–water partition coefficient (Wildman–Crippen LogP) is 3.31. The number of imidazole rings is 1. The number of rotatable bonds is 1. The SMILES string of the molecule is Oc1cccc(-c2cn3cccc(I)c3n2)c1. The average Bonchev–Trinajstić information content (AvgIpc) is 2.74. The van der Waals surface area contributed by atoms with E-state index in [0.717, 1.165) is 20.5 Å². The Morgan fingerprint density at radius 1 is 1.18 bits per heavy atom. The lowest BCUT2D eigenvalue weighted by Gasteiger charge is -1.96. The summed E-state index contributed by atoms with van der Waals surface area (Å²) in [6.45, 7) is 0. The van der Waals surface area contributed by atoms with E-state index in [4.69, 9.17) is 0 Å². The van der Waals surface area contributed by atoms with Gasteiger partial charge in [-0.25, -0.2) is 4.98 Å². The Bertz CT molecular complexity index is 691. The van der Waals surface area contributed by atoms with Crippen LogP contribution in [0.2, 0.25) is 0 Å². The Labute approximate surface area is 112 Å². The molecule has 2 heterocycles. The quantitative estimate of drug-likeness (QED) is 0.693. The van der Waals surface area contributed by atoms with E-state index < -0.39 is 0 Å². The number of phenols is 1. The highest BCUT2D eigenvalue weighted by Crippen LogP contribution is 2.24. The molecule has 2 aromatic heterocycles. The maximum absolute atomic E-state index is 9.47. The molecule has 1 aromatic carbocycles. The van der Waals surface area contributed by atoms with Gasteiger partial charge < -0.3 is 9.51 Å². The Morgan fingerprint density at radius 3 is 2.82 bits per heavy atom. The molecule has 0 amide bonds. The summed E-state index contributed by atoms with van der Waals surface area (Å²) in [5, 5.41) is 9.47. The summed E-state index contributed by atoms with van der Waals surface area (Å²) in [5.74, 6) is 0.259. The van der Waals surface area contributed by atoms with Crippen LogP contribution >= 0.6 is 22.6 Å². The summed E-state index contributed by atoms with van der Waals surface area (Å²) in [7, 11) is 0. The summed E-state index contributed by atoms with van der Waals surface area (Å²) < 4.78 is 3.10. The topological polar surface area (TPSA) is 37.5 Å². The average molecular weight is 336 g/mol. The van der Waals surface area contributed by atoms with Crippen LogP contribution in [0.1, 0.15) is 0 Å². The normalized spacial score (nSPS) is 10.9. The summed E-state index contributed by atoms with van der Waals surface area (Å²) in [6.07, 6.45) is 3.93. The van der Waals surface area contributed by atoms with Crippen molar-refractivity contribution in [2.45, 2.75) is 0 Å². The molecule has 17 heavy (non-hydrogen) atoms. The van der Waals surface area contributed by atoms with E-state index in [2.05, 4.69) is 27.6 Å². The minimum absolute atomic E-state index is 0.259. The highest BCUT2D eigenvalue weighted by molar-refractivity contribution is 14.1. The molecule has 0 bridgehead atoms. The molecule has 0 atom stereocenters. The second kappa shape index (κ2) is 4.03. The third-order valence-corrected chi connectivity index (χ3v) is 3.42. The molecule has 1 N–H and O–H groups in total. The van der Waals surface area contributed by atoms with Crippen molar-refractivity contribution < 1.29 is 5.11 Å². The van der Waals surface area contributed by atoms with E-state index in [-0.39, 0.29) is 5.75 Å². The van der Waals surface area contributed by atoms with Crippen LogP contribution in [0, 0.1) is 3.57 Å². The van der Waals surface area contributed by atoms with Crippen LogP contribution in [0.4, 0.5) is 0 Å². The lowest BCUT2D eigenvalue weighted by molar-refractivity contribution is 0.475. The monoisotopic (exact) mass is 336 g/mol. The third-order valence-electron chi connectivity index (χ3n) is 2.58. The molecule has 3 aromatic rings. The zero-order valence-electron chi connectivity index (χ0n) is 8.84. The molecule has 4 heteroatoms. The van der Waals surface area contributed by atoms with Crippen LogP contribution in [0.15, 0.2) is 48.8 Å². The first-order valence-electron chi connectivity index (χ1n) is 5.17. The molecule has 0 aliphatic rings. The van der Waals surface area contributed by atoms with Crippen LogP contribution in [-0.4, -0.2) is 14.5 Å². The van der Waals surface area contributed by atoms with Gasteiger partial charge in [0.25, 0.3) is 0 Å². The number of halogens is 1. The van der Waals surface area contributed by atoms with Crippen molar-refractivity contribution in [1.82, 2.24) is 9.38 Å². The van der Waals surface area contributed by atoms with Crippen LogP contribution in [0.25, 0.3) is 16.9 Å². The minimum Gasteiger partial charge on any atom is -0.508 e. The van der Waals surface area contributed by atoms with Gasteiger partial charge in [0, 0.05) is 18.0 Å². The molecule has 0 saturated heterocycles. The van der Waals surface area contributed by atoms with Gasteiger partial charge in [0.05, 0.1) is 9.26 Å². The zero-order valence-corrected chi connectivity index (χ0v) is 11.0. The molecule has 0 radical (unpaired) electrons. The standard InChI is InChI=1S/C13H9IN2O/c14-11-5-2-6-16-8-12(15-13(11)16)9-3-1-4-10(17)7-9/h1-8,17H. The maximum atomic E-state index is 9.47. The van der Waals surface area contributed by atoms with Crippen molar-refractivity contribution in [2.24, 2.45) is 0 Å². The molecule has 0 spiro atoms. The molecule has 0 aliphatic heterocycles. The fourth-order valence-corrected chi connectivity index (χ4v) is 2.39. The smallest absolute Gasteiger partial charge is 0.150 e. The molecule has 3 nitrogen and oxygen atoms in total. The number of nitrogens with zero attached hydrogens (tertiary/aromatic N) is 2. The second-order valence-electron chi connectivity index (χ2n) is 3.76. The fourth-order valence-electron chi connectivity index (χ4n) is 1.78. The molecule has 0 unspecified atom stereocenters. The first-order valence-corrected chi connectivity index (χ1v) is 6.24. The molecule has 84 valence electrons. The zero-order chi connectivity index (χ0) is 11.8. The van der Waals surface area contributed by atoms with Crippen LogP contribution < -0.4 is 0 Å². The number of aromatic nitrogens is 2. The van der Waals surface area contributed by atoms with E-state index >= 15 is 0 Å². The fraction of sp³-hybridized carbons (Fsp3) is 0. The molecular formula is C13H9IN2O.